The van der Waals surface area contributed by atoms with Crippen LogP contribution in [0.15, 0.2) is 60.8 Å². The summed E-state index contributed by atoms with van der Waals surface area (Å²) in [4.78, 5) is 37.9. The van der Waals surface area contributed by atoms with Crippen LogP contribution < -0.4 is 0 Å². The Morgan fingerprint density at radius 2 is 0.635 bits per heavy atom. The van der Waals surface area contributed by atoms with Crippen molar-refractivity contribution < 1.29 is 28.6 Å². The van der Waals surface area contributed by atoms with Crippen LogP contribution in [0.1, 0.15) is 265 Å². The predicted molar refractivity (Wildman–Crippen MR) is 270 cm³/mol. The number of carbonyl (C=O) groups excluding carboxylic acids is 3. The molecule has 6 heteroatoms. The van der Waals surface area contributed by atoms with Gasteiger partial charge in [0.15, 0.2) is 6.10 Å². The third-order valence-electron chi connectivity index (χ3n) is 11.5. The molecule has 364 valence electrons. The maximum atomic E-state index is 12.8. The van der Waals surface area contributed by atoms with E-state index in [0.29, 0.717) is 19.3 Å². The number of hydrogen-bond acceptors (Lipinski definition) is 6. The van der Waals surface area contributed by atoms with Crippen LogP contribution in [-0.4, -0.2) is 37.2 Å². The molecule has 0 aliphatic rings. The van der Waals surface area contributed by atoms with Crippen LogP contribution in [0.4, 0.5) is 0 Å². The van der Waals surface area contributed by atoms with Crippen molar-refractivity contribution in [3.05, 3.63) is 60.8 Å². The average Bonchev–Trinajstić information content (AvgIpc) is 3.28. The highest BCUT2D eigenvalue weighted by Crippen LogP contribution is 2.15. The molecular weight excluding hydrogens is 781 g/mol. The molecule has 0 rings (SSSR count). The highest BCUT2D eigenvalue weighted by molar-refractivity contribution is 5.71. The molecule has 0 N–H and O–H groups in total. The van der Waals surface area contributed by atoms with Gasteiger partial charge in [-0.1, -0.05) is 229 Å². The third kappa shape index (κ3) is 50.0. The lowest BCUT2D eigenvalue weighted by atomic mass is 10.1. The molecule has 0 bridgehead atoms. The van der Waals surface area contributed by atoms with Crippen LogP contribution in [0.2, 0.25) is 0 Å². The maximum Gasteiger partial charge on any atom is 0.306 e. The highest BCUT2D eigenvalue weighted by Gasteiger charge is 2.19. The van der Waals surface area contributed by atoms with Gasteiger partial charge >= 0.3 is 17.9 Å². The van der Waals surface area contributed by atoms with E-state index in [1.165, 1.54) is 161 Å². The monoisotopic (exact) mass is 881 g/mol. The number of hydrogen-bond donors (Lipinski definition) is 0. The van der Waals surface area contributed by atoms with E-state index < -0.39 is 6.10 Å². The number of unbranched alkanes of at least 4 members (excludes halogenated alkanes) is 28. The van der Waals surface area contributed by atoms with Gasteiger partial charge in [-0.05, 0) is 77.0 Å². The summed E-state index contributed by atoms with van der Waals surface area (Å²) in [6, 6.07) is 0. The van der Waals surface area contributed by atoms with Crippen molar-refractivity contribution in [2.24, 2.45) is 0 Å². The Morgan fingerprint density at radius 3 is 1.06 bits per heavy atom. The van der Waals surface area contributed by atoms with Gasteiger partial charge in [0.2, 0.25) is 0 Å². The quantitative estimate of drug-likeness (QED) is 0.0199. The van der Waals surface area contributed by atoms with Gasteiger partial charge in [0.1, 0.15) is 13.2 Å². The lowest BCUT2D eigenvalue weighted by Crippen LogP contribution is -2.30. The largest absolute Gasteiger partial charge is 0.462 e. The zero-order valence-electron chi connectivity index (χ0n) is 41.6. The fourth-order valence-corrected chi connectivity index (χ4v) is 7.45. The predicted octanol–water partition coefficient (Wildman–Crippen LogP) is 17.6. The second kappa shape index (κ2) is 51.7. The lowest BCUT2D eigenvalue weighted by molar-refractivity contribution is -0.167. The summed E-state index contributed by atoms with van der Waals surface area (Å²) in [6.45, 7) is 6.55. The molecule has 0 saturated heterocycles. The van der Waals surface area contributed by atoms with E-state index in [1.54, 1.807) is 0 Å². The van der Waals surface area contributed by atoms with E-state index in [2.05, 4.69) is 81.5 Å². The maximum absolute atomic E-state index is 12.8. The lowest BCUT2D eigenvalue weighted by Gasteiger charge is -2.18. The Bertz CT molecular complexity index is 1150. The summed E-state index contributed by atoms with van der Waals surface area (Å²) >= 11 is 0. The normalized spacial score (nSPS) is 12.5. The van der Waals surface area contributed by atoms with Gasteiger partial charge in [0.05, 0.1) is 0 Å². The van der Waals surface area contributed by atoms with E-state index in [-0.39, 0.29) is 37.5 Å². The first-order valence-electron chi connectivity index (χ1n) is 26.8. The van der Waals surface area contributed by atoms with E-state index in [4.69, 9.17) is 14.2 Å². The fraction of sp³-hybridized carbons (Fsp3) is 0.772. The van der Waals surface area contributed by atoms with Crippen LogP contribution in [0, 0.1) is 0 Å². The molecule has 0 aromatic rings. The molecule has 1 unspecified atom stereocenters. The third-order valence-corrected chi connectivity index (χ3v) is 11.5. The first kappa shape index (κ1) is 60.1. The van der Waals surface area contributed by atoms with Gasteiger partial charge in [-0.15, -0.1) is 0 Å². The summed E-state index contributed by atoms with van der Waals surface area (Å²) in [6.07, 6.45) is 63.6. The Labute approximate surface area is 390 Å². The molecule has 63 heavy (non-hydrogen) atoms. The molecule has 0 radical (unpaired) electrons. The number of allylic oxidation sites excluding steroid dienone is 10. The average molecular weight is 881 g/mol. The zero-order chi connectivity index (χ0) is 45.8. The number of ether oxygens (including phenoxy) is 3. The summed E-state index contributed by atoms with van der Waals surface area (Å²) in [5.41, 5.74) is 0. The first-order chi connectivity index (χ1) is 31.0. The second-order valence-corrected chi connectivity index (χ2v) is 17.8. The minimum Gasteiger partial charge on any atom is -0.462 e. The summed E-state index contributed by atoms with van der Waals surface area (Å²) < 4.78 is 16.7. The molecule has 0 fully saturated rings. The standard InChI is InChI=1S/C57H100O6/c1-4-7-10-13-16-19-21-23-25-27-28-30-31-33-35-38-41-44-47-50-56(59)62-53-54(52-61-55(58)49-46-43-40-37-18-15-12-9-6-3)63-57(60)51-48-45-42-39-36-34-32-29-26-24-22-20-17-14-11-8-5-2/h16,19,21,23-24,26,32,34,39,42,54H,4-15,17-18,20,22,25,27-31,33,35-38,40-41,43-53H2,1-3H3/b19-16-,23-21-,26-24-,34-32-,42-39-. The minimum absolute atomic E-state index is 0.0936. The van der Waals surface area contributed by atoms with Crippen LogP contribution in [0.3, 0.4) is 0 Å². The Hall–Kier alpha value is -2.89. The topological polar surface area (TPSA) is 78.9 Å². The molecule has 1 atom stereocenters. The Kier molecular flexibility index (Phi) is 49.4. The van der Waals surface area contributed by atoms with Crippen LogP contribution >= 0.6 is 0 Å². The molecule has 0 aliphatic heterocycles. The van der Waals surface area contributed by atoms with Crippen molar-refractivity contribution in [3.8, 4) is 0 Å². The number of rotatable bonds is 48. The molecule has 0 aromatic heterocycles. The number of esters is 3. The van der Waals surface area contributed by atoms with Crippen LogP contribution in [-0.2, 0) is 28.6 Å². The van der Waals surface area contributed by atoms with Crippen molar-refractivity contribution in [2.75, 3.05) is 13.2 Å². The molecule has 0 amide bonds. The van der Waals surface area contributed by atoms with Gasteiger partial charge in [0, 0.05) is 19.3 Å². The Balaban J connectivity index is 4.37. The van der Waals surface area contributed by atoms with E-state index in [1.807, 2.05) is 0 Å². The fourth-order valence-electron chi connectivity index (χ4n) is 7.45. The van der Waals surface area contributed by atoms with E-state index >= 15 is 0 Å². The zero-order valence-corrected chi connectivity index (χ0v) is 41.6. The SMILES string of the molecule is CCCCC/C=C\C=C/CCCCCCCCCCCCC(=O)OCC(COC(=O)CCCCCCCCCCC)OC(=O)CCC/C=C\C/C=C\C/C=C\CCCCCCCC. The second-order valence-electron chi connectivity index (χ2n) is 17.8. The van der Waals surface area contributed by atoms with Crippen molar-refractivity contribution in [1.82, 2.24) is 0 Å². The molecule has 0 saturated carbocycles. The summed E-state index contributed by atoms with van der Waals surface area (Å²) in [5.74, 6) is -0.947. The van der Waals surface area contributed by atoms with E-state index in [0.717, 1.165) is 57.8 Å². The number of carbonyl (C=O) groups is 3. The first-order valence-corrected chi connectivity index (χ1v) is 26.8. The molecular formula is C57H100O6. The van der Waals surface area contributed by atoms with Gasteiger partial charge in [0.25, 0.3) is 0 Å². The van der Waals surface area contributed by atoms with Crippen LogP contribution in [0.5, 0.6) is 0 Å². The smallest absolute Gasteiger partial charge is 0.306 e. The molecule has 0 aromatic carbocycles. The van der Waals surface area contributed by atoms with Gasteiger partial charge in [-0.25, -0.2) is 0 Å². The van der Waals surface area contributed by atoms with Gasteiger partial charge < -0.3 is 14.2 Å². The van der Waals surface area contributed by atoms with Crippen LogP contribution in [0.25, 0.3) is 0 Å². The summed E-state index contributed by atoms with van der Waals surface area (Å²) in [7, 11) is 0. The van der Waals surface area contributed by atoms with Crippen molar-refractivity contribution in [1.29, 1.82) is 0 Å². The van der Waals surface area contributed by atoms with E-state index in [9.17, 15) is 14.4 Å². The molecule has 6 nitrogen and oxygen atoms in total. The summed E-state index contributed by atoms with van der Waals surface area (Å²) in [5, 5.41) is 0. The highest BCUT2D eigenvalue weighted by atomic mass is 16.6. The van der Waals surface area contributed by atoms with Gasteiger partial charge in [-0.3, -0.25) is 14.4 Å². The molecule has 0 heterocycles. The van der Waals surface area contributed by atoms with Crippen molar-refractivity contribution in [3.63, 3.8) is 0 Å². The Morgan fingerprint density at radius 1 is 0.333 bits per heavy atom. The minimum atomic E-state index is -0.798. The van der Waals surface area contributed by atoms with Gasteiger partial charge in [-0.2, -0.15) is 0 Å². The van der Waals surface area contributed by atoms with Crippen molar-refractivity contribution >= 4 is 17.9 Å². The van der Waals surface area contributed by atoms with Crippen molar-refractivity contribution in [2.45, 2.75) is 271 Å². The molecule has 0 spiro atoms. The molecule has 0 aliphatic carbocycles.